The molecule has 2 nitrogen and oxygen atoms in total. The molecule has 1 aliphatic heterocycles. The van der Waals surface area contributed by atoms with Crippen molar-refractivity contribution in [3.8, 4) is 0 Å². The summed E-state index contributed by atoms with van der Waals surface area (Å²) >= 11 is 0. The van der Waals surface area contributed by atoms with Crippen LogP contribution in [0.1, 0.15) is 32.3 Å². The van der Waals surface area contributed by atoms with Gasteiger partial charge < -0.3 is 5.11 Å². The van der Waals surface area contributed by atoms with Crippen molar-refractivity contribution in [3.05, 3.63) is 35.4 Å². The van der Waals surface area contributed by atoms with Crippen LogP contribution in [0.3, 0.4) is 0 Å². The van der Waals surface area contributed by atoms with E-state index in [1.807, 2.05) is 18.7 Å². The molecule has 0 saturated carbocycles. The highest BCUT2D eigenvalue weighted by molar-refractivity contribution is 5.26. The molecule has 1 fully saturated rings. The monoisotopic (exact) mass is 255 g/mol. The molecule has 2 rings (SSSR count). The van der Waals surface area contributed by atoms with Gasteiger partial charge in [-0.2, -0.15) is 0 Å². The van der Waals surface area contributed by atoms with Gasteiger partial charge >= 0.3 is 0 Å². The molecule has 0 aliphatic carbocycles. The summed E-state index contributed by atoms with van der Waals surface area (Å²) in [4.78, 5) is 1.84. The van der Waals surface area contributed by atoms with Crippen molar-refractivity contribution in [2.24, 2.45) is 5.92 Å². The molecule has 100 valence electrons. The molecular formula is C14H19F2NO. The van der Waals surface area contributed by atoms with E-state index in [-0.39, 0.29) is 5.56 Å². The van der Waals surface area contributed by atoms with Gasteiger partial charge in [0.25, 0.3) is 0 Å². The summed E-state index contributed by atoms with van der Waals surface area (Å²) in [6.07, 6.45) is 1.24. The standard InChI is InChI=1S/C14H19F2NO/c1-10(2)9-17-7-3-6-14(17,18)12-8-11(15)4-5-13(12)16/h4-5,8,10,18H,3,6-7,9H2,1-2H3. The zero-order valence-corrected chi connectivity index (χ0v) is 10.8. The fourth-order valence-electron chi connectivity index (χ4n) is 2.65. The molecule has 1 unspecified atom stereocenters. The van der Waals surface area contributed by atoms with E-state index in [4.69, 9.17) is 0 Å². The lowest BCUT2D eigenvalue weighted by Crippen LogP contribution is -2.43. The highest BCUT2D eigenvalue weighted by atomic mass is 19.1. The van der Waals surface area contributed by atoms with Gasteiger partial charge in [0.1, 0.15) is 17.4 Å². The Balaban J connectivity index is 2.36. The normalized spacial score (nSPS) is 25.0. The Morgan fingerprint density at radius 3 is 2.78 bits per heavy atom. The van der Waals surface area contributed by atoms with Gasteiger partial charge in [-0.1, -0.05) is 13.8 Å². The smallest absolute Gasteiger partial charge is 0.147 e. The van der Waals surface area contributed by atoms with Crippen LogP contribution < -0.4 is 0 Å². The van der Waals surface area contributed by atoms with Crippen LogP contribution in [-0.4, -0.2) is 23.1 Å². The van der Waals surface area contributed by atoms with E-state index in [9.17, 15) is 13.9 Å². The Morgan fingerprint density at radius 1 is 1.39 bits per heavy atom. The topological polar surface area (TPSA) is 23.5 Å². The number of likely N-dealkylation sites (tertiary alicyclic amines) is 1. The summed E-state index contributed by atoms with van der Waals surface area (Å²) < 4.78 is 27.1. The van der Waals surface area contributed by atoms with Gasteiger partial charge in [-0.3, -0.25) is 4.90 Å². The van der Waals surface area contributed by atoms with Gasteiger partial charge in [0, 0.05) is 18.7 Å². The summed E-state index contributed by atoms with van der Waals surface area (Å²) in [7, 11) is 0. The zero-order chi connectivity index (χ0) is 13.3. The van der Waals surface area contributed by atoms with Crippen molar-refractivity contribution in [3.63, 3.8) is 0 Å². The lowest BCUT2D eigenvalue weighted by molar-refractivity contribution is -0.0944. The van der Waals surface area contributed by atoms with Crippen LogP contribution in [0.25, 0.3) is 0 Å². The van der Waals surface area contributed by atoms with Crippen molar-refractivity contribution in [2.75, 3.05) is 13.1 Å². The maximum Gasteiger partial charge on any atom is 0.147 e. The number of hydrogen-bond acceptors (Lipinski definition) is 2. The van der Waals surface area contributed by atoms with E-state index in [0.717, 1.165) is 24.6 Å². The summed E-state index contributed by atoms with van der Waals surface area (Å²) in [6.45, 7) is 5.47. The van der Waals surface area contributed by atoms with Crippen molar-refractivity contribution < 1.29 is 13.9 Å². The lowest BCUT2D eigenvalue weighted by atomic mass is 9.98. The van der Waals surface area contributed by atoms with Crippen molar-refractivity contribution in [1.82, 2.24) is 4.90 Å². The number of benzene rings is 1. The van der Waals surface area contributed by atoms with Crippen LogP contribution in [0.5, 0.6) is 0 Å². The Hall–Kier alpha value is -1.00. The summed E-state index contributed by atoms with van der Waals surface area (Å²) in [6, 6.07) is 3.26. The predicted octanol–water partition coefficient (Wildman–Crippen LogP) is 2.86. The Labute approximate surface area is 106 Å². The van der Waals surface area contributed by atoms with E-state index < -0.39 is 17.4 Å². The van der Waals surface area contributed by atoms with Crippen molar-refractivity contribution in [2.45, 2.75) is 32.4 Å². The largest absolute Gasteiger partial charge is 0.371 e. The van der Waals surface area contributed by atoms with Crippen molar-refractivity contribution in [1.29, 1.82) is 0 Å². The van der Waals surface area contributed by atoms with E-state index in [1.165, 1.54) is 0 Å². The fourth-order valence-corrected chi connectivity index (χ4v) is 2.65. The van der Waals surface area contributed by atoms with Gasteiger partial charge in [-0.25, -0.2) is 8.78 Å². The Kier molecular flexibility index (Phi) is 3.69. The third-order valence-electron chi connectivity index (χ3n) is 3.42. The summed E-state index contributed by atoms with van der Waals surface area (Å²) in [5.41, 5.74) is -1.31. The van der Waals surface area contributed by atoms with Gasteiger partial charge in [0.2, 0.25) is 0 Å². The molecule has 1 N–H and O–H groups in total. The van der Waals surface area contributed by atoms with Gasteiger partial charge in [-0.15, -0.1) is 0 Å². The van der Waals surface area contributed by atoms with E-state index >= 15 is 0 Å². The number of rotatable bonds is 3. The molecule has 1 aromatic carbocycles. The van der Waals surface area contributed by atoms with E-state index in [0.29, 0.717) is 25.4 Å². The van der Waals surface area contributed by atoms with Crippen LogP contribution in [-0.2, 0) is 5.72 Å². The number of halogens is 2. The first-order chi connectivity index (χ1) is 8.43. The van der Waals surface area contributed by atoms with Crippen LogP contribution in [0.4, 0.5) is 8.78 Å². The second-order valence-corrected chi connectivity index (χ2v) is 5.38. The molecule has 0 aromatic heterocycles. The molecule has 1 heterocycles. The average molecular weight is 255 g/mol. The molecule has 0 amide bonds. The molecule has 0 spiro atoms. The zero-order valence-electron chi connectivity index (χ0n) is 10.8. The van der Waals surface area contributed by atoms with Crippen LogP contribution >= 0.6 is 0 Å². The van der Waals surface area contributed by atoms with Crippen LogP contribution in [0.2, 0.25) is 0 Å². The Morgan fingerprint density at radius 2 is 2.11 bits per heavy atom. The third-order valence-corrected chi connectivity index (χ3v) is 3.42. The highest BCUT2D eigenvalue weighted by Gasteiger charge is 2.42. The molecule has 1 saturated heterocycles. The minimum Gasteiger partial charge on any atom is -0.371 e. The molecule has 18 heavy (non-hydrogen) atoms. The van der Waals surface area contributed by atoms with Crippen LogP contribution in [0.15, 0.2) is 18.2 Å². The van der Waals surface area contributed by atoms with Gasteiger partial charge in [0.15, 0.2) is 0 Å². The first kappa shape index (κ1) is 13.4. The molecule has 1 atom stereocenters. The first-order valence-corrected chi connectivity index (χ1v) is 6.36. The maximum absolute atomic E-state index is 13.8. The predicted molar refractivity (Wildman–Crippen MR) is 65.9 cm³/mol. The molecular weight excluding hydrogens is 236 g/mol. The lowest BCUT2D eigenvalue weighted by Gasteiger charge is -2.35. The maximum atomic E-state index is 13.8. The number of aliphatic hydroxyl groups is 1. The molecule has 0 radical (unpaired) electrons. The molecule has 1 aliphatic rings. The molecule has 1 aromatic rings. The minimum atomic E-state index is -1.36. The highest BCUT2D eigenvalue weighted by Crippen LogP contribution is 2.38. The second kappa shape index (κ2) is 4.94. The van der Waals surface area contributed by atoms with Crippen molar-refractivity contribution >= 4 is 0 Å². The quantitative estimate of drug-likeness (QED) is 0.897. The number of nitrogens with zero attached hydrogens (tertiary/aromatic N) is 1. The molecule has 4 heteroatoms. The molecule has 0 bridgehead atoms. The van der Waals surface area contributed by atoms with Gasteiger partial charge in [0.05, 0.1) is 0 Å². The number of hydrogen-bond donors (Lipinski definition) is 1. The fraction of sp³-hybridized carbons (Fsp3) is 0.571. The SMILES string of the molecule is CC(C)CN1CCCC1(O)c1cc(F)ccc1F. The summed E-state index contributed by atoms with van der Waals surface area (Å²) in [5.74, 6) is -0.697. The second-order valence-electron chi connectivity index (χ2n) is 5.38. The average Bonchev–Trinajstić information content (AvgIpc) is 2.64. The van der Waals surface area contributed by atoms with Gasteiger partial charge in [-0.05, 0) is 37.0 Å². The van der Waals surface area contributed by atoms with E-state index in [2.05, 4.69) is 0 Å². The third kappa shape index (κ3) is 2.40. The summed E-state index contributed by atoms with van der Waals surface area (Å²) in [5, 5.41) is 10.7. The first-order valence-electron chi connectivity index (χ1n) is 6.36. The van der Waals surface area contributed by atoms with E-state index in [1.54, 1.807) is 0 Å². The van der Waals surface area contributed by atoms with Crippen LogP contribution in [0, 0.1) is 17.6 Å². The Bertz CT molecular complexity index is 436. The minimum absolute atomic E-state index is 0.0562.